The summed E-state index contributed by atoms with van der Waals surface area (Å²) in [5.41, 5.74) is 1.89. The number of hydrogen-bond acceptors (Lipinski definition) is 2. The van der Waals surface area contributed by atoms with Crippen molar-refractivity contribution in [3.8, 4) is 0 Å². The van der Waals surface area contributed by atoms with Gasteiger partial charge in [-0.2, -0.15) is 0 Å². The Hall–Kier alpha value is -1.29. The minimum Gasteiger partial charge on any atom is -0.322 e. The Bertz CT molecular complexity index is 624. The van der Waals surface area contributed by atoms with Gasteiger partial charge in [0.2, 0.25) is 0 Å². The topological polar surface area (TPSA) is 42.0 Å². The highest BCUT2D eigenvalue weighted by molar-refractivity contribution is 6.33. The Morgan fingerprint density at radius 2 is 1.74 bits per heavy atom. The van der Waals surface area contributed by atoms with E-state index in [9.17, 15) is 4.79 Å². The van der Waals surface area contributed by atoms with Gasteiger partial charge in [0.1, 0.15) is 10.3 Å². The highest BCUT2D eigenvalue weighted by atomic mass is 35.5. The molecule has 1 aromatic heterocycles. The molecule has 0 bridgehead atoms. The van der Waals surface area contributed by atoms with Crippen LogP contribution in [0.25, 0.3) is 0 Å². The number of rotatable bonds is 2. The van der Waals surface area contributed by atoms with Gasteiger partial charge in [-0.05, 0) is 42.8 Å². The number of pyridine rings is 1. The van der Waals surface area contributed by atoms with Crippen molar-refractivity contribution in [3.05, 3.63) is 56.8 Å². The lowest BCUT2D eigenvalue weighted by Gasteiger charge is -2.09. The van der Waals surface area contributed by atoms with Crippen molar-refractivity contribution >= 4 is 46.4 Å². The molecule has 1 aromatic carbocycles. The van der Waals surface area contributed by atoms with E-state index < -0.39 is 0 Å². The molecule has 2 aromatic rings. The van der Waals surface area contributed by atoms with Gasteiger partial charge in [0.05, 0.1) is 0 Å². The number of benzene rings is 1. The normalized spacial score (nSPS) is 10.3. The third-order valence-corrected chi connectivity index (χ3v) is 3.08. The average Bonchev–Trinajstić information content (AvgIpc) is 2.31. The molecule has 3 nitrogen and oxygen atoms in total. The van der Waals surface area contributed by atoms with Crippen molar-refractivity contribution in [3.63, 3.8) is 0 Å². The quantitative estimate of drug-likeness (QED) is 0.823. The van der Waals surface area contributed by atoms with Crippen LogP contribution in [0.1, 0.15) is 15.9 Å². The summed E-state index contributed by atoms with van der Waals surface area (Å²) in [6.07, 6.45) is 0. The fraction of sp³-hybridized carbons (Fsp3) is 0.0769. The molecule has 1 heterocycles. The maximum atomic E-state index is 12.1. The molecule has 0 aliphatic carbocycles. The van der Waals surface area contributed by atoms with Gasteiger partial charge in [-0.25, -0.2) is 4.98 Å². The van der Waals surface area contributed by atoms with Gasteiger partial charge in [0.15, 0.2) is 0 Å². The van der Waals surface area contributed by atoms with Gasteiger partial charge in [-0.15, -0.1) is 0 Å². The molecule has 1 amide bonds. The van der Waals surface area contributed by atoms with Crippen LogP contribution < -0.4 is 5.32 Å². The smallest absolute Gasteiger partial charge is 0.255 e. The van der Waals surface area contributed by atoms with E-state index in [0.29, 0.717) is 16.3 Å². The van der Waals surface area contributed by atoms with Crippen LogP contribution >= 0.6 is 34.8 Å². The number of nitrogens with one attached hydrogen (secondary N) is 1. The van der Waals surface area contributed by atoms with Gasteiger partial charge in [0, 0.05) is 16.3 Å². The monoisotopic (exact) mass is 314 g/mol. The van der Waals surface area contributed by atoms with Crippen LogP contribution in [0, 0.1) is 6.92 Å². The predicted molar refractivity (Wildman–Crippen MR) is 78.4 cm³/mol. The zero-order chi connectivity index (χ0) is 14.0. The number of aromatic nitrogens is 1. The van der Waals surface area contributed by atoms with Gasteiger partial charge >= 0.3 is 0 Å². The average molecular weight is 316 g/mol. The molecule has 1 N–H and O–H groups in total. The number of amides is 1. The molecule has 0 aliphatic rings. The van der Waals surface area contributed by atoms with E-state index in [1.165, 1.54) is 12.1 Å². The molecule has 2 rings (SSSR count). The Labute approximate surface area is 125 Å². The molecule has 19 heavy (non-hydrogen) atoms. The number of nitrogens with zero attached hydrogens (tertiary/aromatic N) is 1. The molecule has 0 saturated heterocycles. The summed E-state index contributed by atoms with van der Waals surface area (Å²) in [6, 6.07) is 8.11. The molecule has 0 fully saturated rings. The van der Waals surface area contributed by atoms with E-state index in [2.05, 4.69) is 10.3 Å². The number of halogens is 3. The first kappa shape index (κ1) is 14.1. The summed E-state index contributed by atoms with van der Waals surface area (Å²) in [5, 5.41) is 3.73. The Kier molecular flexibility index (Phi) is 4.30. The molecule has 0 spiro atoms. The fourth-order valence-corrected chi connectivity index (χ4v) is 2.24. The minimum atomic E-state index is -0.309. The fourth-order valence-electron chi connectivity index (χ4n) is 1.56. The van der Waals surface area contributed by atoms with Crippen LogP contribution in [-0.2, 0) is 0 Å². The third-order valence-electron chi connectivity index (χ3n) is 2.46. The van der Waals surface area contributed by atoms with Crippen LogP contribution in [-0.4, -0.2) is 10.9 Å². The van der Waals surface area contributed by atoms with Gasteiger partial charge in [0.25, 0.3) is 5.91 Å². The maximum Gasteiger partial charge on any atom is 0.255 e. The molecule has 0 radical (unpaired) electrons. The van der Waals surface area contributed by atoms with Crippen molar-refractivity contribution in [2.45, 2.75) is 6.92 Å². The Morgan fingerprint density at radius 1 is 1.11 bits per heavy atom. The van der Waals surface area contributed by atoms with Gasteiger partial charge in [-0.3, -0.25) is 4.79 Å². The van der Waals surface area contributed by atoms with E-state index >= 15 is 0 Å². The van der Waals surface area contributed by atoms with Crippen LogP contribution in [0.2, 0.25) is 15.3 Å². The first-order valence-corrected chi connectivity index (χ1v) is 6.49. The maximum absolute atomic E-state index is 12.1. The van der Waals surface area contributed by atoms with Crippen LogP contribution in [0.15, 0.2) is 30.3 Å². The molecule has 0 atom stereocenters. The summed E-state index contributed by atoms with van der Waals surface area (Å²) < 4.78 is 0. The highest BCUT2D eigenvalue weighted by Gasteiger charge is 2.10. The number of aryl methyl sites for hydroxylation is 1. The zero-order valence-electron chi connectivity index (χ0n) is 9.88. The number of carbonyl (C=O) groups excluding carboxylic acids is 1. The van der Waals surface area contributed by atoms with Crippen LogP contribution in [0.4, 0.5) is 5.69 Å². The summed E-state index contributed by atoms with van der Waals surface area (Å²) in [6.45, 7) is 1.86. The summed E-state index contributed by atoms with van der Waals surface area (Å²) >= 11 is 17.4. The molecule has 98 valence electrons. The zero-order valence-corrected chi connectivity index (χ0v) is 12.1. The van der Waals surface area contributed by atoms with Crippen LogP contribution in [0.5, 0.6) is 0 Å². The summed E-state index contributed by atoms with van der Waals surface area (Å²) in [5.74, 6) is -0.309. The first-order valence-electron chi connectivity index (χ1n) is 5.36. The Morgan fingerprint density at radius 3 is 2.32 bits per heavy atom. The minimum absolute atomic E-state index is 0.172. The summed E-state index contributed by atoms with van der Waals surface area (Å²) in [4.78, 5) is 15.9. The van der Waals surface area contributed by atoms with Crippen LogP contribution in [0.3, 0.4) is 0 Å². The highest BCUT2D eigenvalue weighted by Crippen LogP contribution is 2.21. The van der Waals surface area contributed by atoms with E-state index in [0.717, 1.165) is 5.56 Å². The SMILES string of the molecule is Cc1cc(Cl)ccc1NC(=O)c1cc(Cl)nc(Cl)c1. The lowest BCUT2D eigenvalue weighted by Crippen LogP contribution is -2.13. The third kappa shape index (κ3) is 3.60. The lowest BCUT2D eigenvalue weighted by molar-refractivity contribution is 0.102. The van der Waals surface area contributed by atoms with Gasteiger partial charge in [-0.1, -0.05) is 34.8 Å². The van der Waals surface area contributed by atoms with Crippen molar-refractivity contribution < 1.29 is 4.79 Å². The molecular weight excluding hydrogens is 307 g/mol. The molecule has 0 saturated carbocycles. The number of hydrogen-bond donors (Lipinski definition) is 1. The lowest BCUT2D eigenvalue weighted by atomic mass is 10.2. The van der Waals surface area contributed by atoms with Crippen molar-refractivity contribution in [1.82, 2.24) is 4.98 Å². The second-order valence-electron chi connectivity index (χ2n) is 3.91. The standard InChI is InChI=1S/C13H9Cl3N2O/c1-7-4-9(14)2-3-10(7)17-13(19)8-5-11(15)18-12(16)6-8/h2-6H,1H3,(H,17,19). The first-order chi connectivity index (χ1) is 8.95. The van der Waals surface area contributed by atoms with E-state index in [1.807, 2.05) is 6.92 Å². The molecule has 6 heteroatoms. The molecule has 0 unspecified atom stereocenters. The van der Waals surface area contributed by atoms with Crippen molar-refractivity contribution in [1.29, 1.82) is 0 Å². The predicted octanol–water partition coefficient (Wildman–Crippen LogP) is 4.60. The second kappa shape index (κ2) is 5.78. The van der Waals surface area contributed by atoms with Crippen molar-refractivity contribution in [2.75, 3.05) is 5.32 Å². The number of anilines is 1. The summed E-state index contributed by atoms with van der Waals surface area (Å²) in [7, 11) is 0. The molecular formula is C13H9Cl3N2O. The second-order valence-corrected chi connectivity index (χ2v) is 5.13. The van der Waals surface area contributed by atoms with Crippen molar-refractivity contribution in [2.24, 2.45) is 0 Å². The van der Waals surface area contributed by atoms with E-state index in [1.54, 1.807) is 18.2 Å². The number of carbonyl (C=O) groups is 1. The molecule has 0 aliphatic heterocycles. The Balaban J connectivity index is 2.25. The van der Waals surface area contributed by atoms with E-state index in [4.69, 9.17) is 34.8 Å². The van der Waals surface area contributed by atoms with Gasteiger partial charge < -0.3 is 5.32 Å². The van der Waals surface area contributed by atoms with E-state index in [-0.39, 0.29) is 16.2 Å². The largest absolute Gasteiger partial charge is 0.322 e.